The van der Waals surface area contributed by atoms with Crippen LogP contribution in [0, 0.1) is 46.3 Å². The third-order valence-electron chi connectivity index (χ3n) is 10.1. The van der Waals surface area contributed by atoms with E-state index in [1.165, 1.54) is 12.8 Å². The minimum Gasteiger partial charge on any atom is -0.481 e. The number of rotatable bonds is 4. The van der Waals surface area contributed by atoms with Gasteiger partial charge in [-0.3, -0.25) is 9.59 Å². The number of carboxylic acids is 1. The highest BCUT2D eigenvalue weighted by molar-refractivity contribution is 5.87. The molecule has 4 heteroatoms. The molecule has 4 aliphatic carbocycles. The summed E-state index contributed by atoms with van der Waals surface area (Å²) in [7, 11) is 0. The monoisotopic (exact) mass is 390 g/mol. The van der Waals surface area contributed by atoms with Gasteiger partial charge < -0.3 is 10.2 Å². The van der Waals surface area contributed by atoms with E-state index < -0.39 is 5.97 Å². The molecule has 0 aromatic heterocycles. The highest BCUT2D eigenvalue weighted by atomic mass is 16.4. The number of hydrogen-bond donors (Lipinski definition) is 2. The maximum atomic E-state index is 13.6. The second-order valence-electron chi connectivity index (χ2n) is 11.1. The van der Waals surface area contributed by atoms with Crippen molar-refractivity contribution in [3.63, 3.8) is 0 Å². The van der Waals surface area contributed by atoms with Crippen molar-refractivity contribution < 1.29 is 19.8 Å². The lowest BCUT2D eigenvalue weighted by Crippen LogP contribution is -2.57. The zero-order chi connectivity index (χ0) is 20.3. The lowest BCUT2D eigenvalue weighted by atomic mass is 9.44. The van der Waals surface area contributed by atoms with Crippen molar-refractivity contribution in [3.8, 4) is 0 Å². The summed E-state index contributed by atoms with van der Waals surface area (Å²) in [5.74, 6) is 2.52. The van der Waals surface area contributed by atoms with Crippen LogP contribution < -0.4 is 0 Å². The van der Waals surface area contributed by atoms with Crippen LogP contribution in [0.5, 0.6) is 0 Å². The molecule has 28 heavy (non-hydrogen) atoms. The van der Waals surface area contributed by atoms with Gasteiger partial charge in [-0.2, -0.15) is 0 Å². The summed E-state index contributed by atoms with van der Waals surface area (Å²) < 4.78 is 0. The van der Waals surface area contributed by atoms with E-state index in [2.05, 4.69) is 20.8 Å². The molecule has 4 nitrogen and oxygen atoms in total. The van der Waals surface area contributed by atoms with Crippen LogP contribution in [0.15, 0.2) is 0 Å². The largest absolute Gasteiger partial charge is 0.481 e. The Balaban J connectivity index is 1.57. The molecule has 4 rings (SSSR count). The topological polar surface area (TPSA) is 74.6 Å². The predicted molar refractivity (Wildman–Crippen MR) is 108 cm³/mol. The number of ketones is 1. The Kier molecular flexibility index (Phi) is 5.17. The molecule has 0 unspecified atom stereocenters. The molecule has 0 aromatic rings. The first-order valence-electron chi connectivity index (χ1n) is 11.6. The third kappa shape index (κ3) is 2.97. The average Bonchev–Trinajstić information content (AvgIpc) is 3.00. The van der Waals surface area contributed by atoms with Gasteiger partial charge >= 0.3 is 5.97 Å². The normalized spacial score (nSPS) is 49.1. The van der Waals surface area contributed by atoms with E-state index in [-0.39, 0.29) is 23.4 Å². The smallest absolute Gasteiger partial charge is 0.303 e. The van der Waals surface area contributed by atoms with Gasteiger partial charge in [0.15, 0.2) is 0 Å². The predicted octanol–water partition coefficient (Wildman–Crippen LogP) is 4.69. The van der Waals surface area contributed by atoms with Gasteiger partial charge in [0.1, 0.15) is 5.78 Å². The number of Topliss-reactive ketones (excluding diaryl/α,β-unsaturated/α-hetero) is 1. The van der Waals surface area contributed by atoms with Crippen LogP contribution in [0.3, 0.4) is 0 Å². The summed E-state index contributed by atoms with van der Waals surface area (Å²) in [4.78, 5) is 24.7. The lowest BCUT2D eigenvalue weighted by molar-refractivity contribution is -0.160. The van der Waals surface area contributed by atoms with E-state index in [4.69, 9.17) is 5.11 Å². The first kappa shape index (κ1) is 20.4. The molecule has 0 amide bonds. The lowest BCUT2D eigenvalue weighted by Gasteiger charge is -2.60. The van der Waals surface area contributed by atoms with Gasteiger partial charge in [0.05, 0.1) is 6.10 Å². The molecule has 4 aliphatic rings. The summed E-state index contributed by atoms with van der Waals surface area (Å²) in [5.41, 5.74) is -0.0391. The molecular weight excluding hydrogens is 352 g/mol. The molecule has 0 radical (unpaired) electrons. The molecular formula is C24H38O4. The summed E-state index contributed by atoms with van der Waals surface area (Å²) in [6, 6.07) is 0. The number of fused-ring (bicyclic) bond motifs is 5. The van der Waals surface area contributed by atoms with Crippen LogP contribution >= 0.6 is 0 Å². The fourth-order valence-electron chi connectivity index (χ4n) is 8.44. The Morgan fingerprint density at radius 2 is 1.89 bits per heavy atom. The van der Waals surface area contributed by atoms with Crippen molar-refractivity contribution >= 4 is 11.8 Å². The summed E-state index contributed by atoms with van der Waals surface area (Å²) in [6.07, 6.45) is 8.96. The van der Waals surface area contributed by atoms with Crippen molar-refractivity contribution in [2.45, 2.75) is 91.1 Å². The number of aliphatic carboxylic acids is 1. The Hall–Kier alpha value is -0.900. The van der Waals surface area contributed by atoms with Crippen LogP contribution in [0.2, 0.25) is 0 Å². The first-order valence-corrected chi connectivity index (χ1v) is 11.6. The highest BCUT2D eigenvalue weighted by Gasteiger charge is 2.63. The van der Waals surface area contributed by atoms with Gasteiger partial charge in [-0.25, -0.2) is 0 Å². The molecule has 0 heterocycles. The average molecular weight is 391 g/mol. The number of aliphatic hydroxyl groups excluding tert-OH is 1. The molecule has 0 saturated heterocycles. The minimum atomic E-state index is -0.729. The zero-order valence-corrected chi connectivity index (χ0v) is 17.8. The molecule has 2 N–H and O–H groups in total. The van der Waals surface area contributed by atoms with Gasteiger partial charge in [-0.05, 0) is 92.3 Å². The Morgan fingerprint density at radius 3 is 2.61 bits per heavy atom. The molecule has 0 bridgehead atoms. The minimum absolute atomic E-state index is 0.148. The number of carboxylic acid groups (broad SMARTS) is 1. The number of hydrogen-bond acceptors (Lipinski definition) is 3. The van der Waals surface area contributed by atoms with E-state index in [1.54, 1.807) is 0 Å². The van der Waals surface area contributed by atoms with Crippen molar-refractivity contribution in [1.29, 1.82) is 0 Å². The second-order valence-corrected chi connectivity index (χ2v) is 11.1. The SMILES string of the molecule is C[C@@H](CCC(=O)O)[C@H]1CC[C@H]2[C@@H]3CC[C@H]4C[C@@H](O)CC[C@]4(C)[C@H]3CC(=O)[C@]12C. The van der Waals surface area contributed by atoms with Crippen molar-refractivity contribution in [1.82, 2.24) is 0 Å². The first-order chi connectivity index (χ1) is 13.2. The van der Waals surface area contributed by atoms with Crippen LogP contribution in [0.25, 0.3) is 0 Å². The van der Waals surface area contributed by atoms with Gasteiger partial charge in [0.2, 0.25) is 0 Å². The molecule has 0 aliphatic heterocycles. The van der Waals surface area contributed by atoms with Crippen molar-refractivity contribution in [2.75, 3.05) is 0 Å². The van der Waals surface area contributed by atoms with E-state index in [0.717, 1.165) is 32.1 Å². The van der Waals surface area contributed by atoms with Gasteiger partial charge in [0, 0.05) is 18.3 Å². The quantitative estimate of drug-likeness (QED) is 0.730. The Labute approximate surface area is 169 Å². The van der Waals surface area contributed by atoms with E-state index in [9.17, 15) is 14.7 Å². The van der Waals surface area contributed by atoms with Crippen LogP contribution in [0.4, 0.5) is 0 Å². The van der Waals surface area contributed by atoms with Gasteiger partial charge in [-0.15, -0.1) is 0 Å². The Morgan fingerprint density at radius 1 is 1.14 bits per heavy atom. The fourth-order valence-corrected chi connectivity index (χ4v) is 8.44. The van der Waals surface area contributed by atoms with Gasteiger partial charge in [-0.1, -0.05) is 20.8 Å². The van der Waals surface area contributed by atoms with Crippen molar-refractivity contribution in [2.24, 2.45) is 46.3 Å². The highest BCUT2D eigenvalue weighted by Crippen LogP contribution is 2.67. The molecule has 0 aromatic carbocycles. The Bertz CT molecular complexity index is 645. The maximum absolute atomic E-state index is 13.6. The third-order valence-corrected chi connectivity index (χ3v) is 10.1. The van der Waals surface area contributed by atoms with Crippen LogP contribution in [0.1, 0.15) is 85.0 Å². The standard InChI is InChI=1S/C24H38O4/c1-14(4-9-22(27)28)18-7-8-19-17-6-5-15-12-16(25)10-11-23(15,2)20(17)13-21(26)24(18,19)3/h14-20,25H,4-13H2,1-3H3,(H,27,28)/t14-,15-,16-,17-,18+,19-,20-,23-,24+/m0/s1. The van der Waals surface area contributed by atoms with E-state index in [0.29, 0.717) is 54.1 Å². The number of aliphatic hydroxyl groups is 1. The van der Waals surface area contributed by atoms with Crippen LogP contribution in [-0.2, 0) is 9.59 Å². The maximum Gasteiger partial charge on any atom is 0.303 e. The molecule has 9 atom stereocenters. The molecule has 158 valence electrons. The van der Waals surface area contributed by atoms with Gasteiger partial charge in [0.25, 0.3) is 0 Å². The fraction of sp³-hybridized carbons (Fsp3) is 0.917. The number of carbonyl (C=O) groups is 2. The molecule has 4 fully saturated rings. The molecule has 0 spiro atoms. The summed E-state index contributed by atoms with van der Waals surface area (Å²) in [5, 5.41) is 19.3. The van der Waals surface area contributed by atoms with E-state index >= 15 is 0 Å². The number of carbonyl (C=O) groups excluding carboxylic acids is 1. The zero-order valence-electron chi connectivity index (χ0n) is 17.8. The van der Waals surface area contributed by atoms with E-state index in [1.807, 2.05) is 0 Å². The molecule has 4 saturated carbocycles. The summed E-state index contributed by atoms with van der Waals surface area (Å²) in [6.45, 7) is 6.81. The van der Waals surface area contributed by atoms with Crippen molar-refractivity contribution in [3.05, 3.63) is 0 Å². The summed E-state index contributed by atoms with van der Waals surface area (Å²) >= 11 is 0. The van der Waals surface area contributed by atoms with Crippen LogP contribution in [-0.4, -0.2) is 28.1 Å². The second kappa shape index (κ2) is 7.11.